The van der Waals surface area contributed by atoms with Crippen molar-refractivity contribution < 1.29 is 0 Å². The molecular weight excluding hydrogens is 645 g/mol. The lowest BCUT2D eigenvalue weighted by Crippen LogP contribution is -2.33. The minimum atomic E-state index is -0.290. The van der Waals surface area contributed by atoms with Gasteiger partial charge in [-0.25, -0.2) is 9.98 Å². The number of nitrogens with one attached hydrogen (secondary N) is 1. The quantitative estimate of drug-likeness (QED) is 0.187. The van der Waals surface area contributed by atoms with Crippen molar-refractivity contribution in [3.63, 3.8) is 0 Å². The molecule has 53 heavy (non-hydrogen) atoms. The van der Waals surface area contributed by atoms with Gasteiger partial charge in [-0.15, -0.1) is 0 Å². The van der Waals surface area contributed by atoms with E-state index in [4.69, 9.17) is 9.98 Å². The van der Waals surface area contributed by atoms with Crippen LogP contribution >= 0.6 is 0 Å². The first kappa shape index (κ1) is 30.8. The lowest BCUT2D eigenvalue weighted by molar-refractivity contribution is 0.674. The molecule has 1 aliphatic heterocycles. The van der Waals surface area contributed by atoms with Gasteiger partial charge >= 0.3 is 0 Å². The van der Waals surface area contributed by atoms with Gasteiger partial charge in [-0.3, -0.25) is 0 Å². The molecule has 8 aromatic carbocycles. The first-order chi connectivity index (χ1) is 26.3. The Hall–Kier alpha value is -7.04. The molecule has 1 aliphatic rings. The molecule has 0 amide bonds. The van der Waals surface area contributed by atoms with Gasteiger partial charge in [0.15, 0.2) is 5.84 Å². The summed E-state index contributed by atoms with van der Waals surface area (Å²) in [5.41, 5.74) is 11.4. The summed E-state index contributed by atoms with van der Waals surface area (Å²) < 4.78 is 2.35. The standard InChI is InChI=1S/C49H34N4/c1-2-12-37(13-3-1)47-50-48(52-49(51-47)39-27-23-36(24-28-39)42-18-10-14-35-11-4-5-15-41(35)42)38-25-21-33(22-26-38)34-29-31-40(32-30-34)53-45-19-8-6-16-43(45)44-17-7-9-20-46(44)53/h1-32,48H,(H,50,51,52). The number of fused-ring (bicyclic) bond motifs is 4. The van der Waals surface area contributed by atoms with Crippen LogP contribution < -0.4 is 5.32 Å². The summed E-state index contributed by atoms with van der Waals surface area (Å²) >= 11 is 0. The molecule has 1 unspecified atom stereocenters. The van der Waals surface area contributed by atoms with Gasteiger partial charge in [0, 0.05) is 27.6 Å². The van der Waals surface area contributed by atoms with Crippen LogP contribution in [0.2, 0.25) is 0 Å². The number of aliphatic imine (C=N–C) groups is 2. The van der Waals surface area contributed by atoms with Gasteiger partial charge in [0.1, 0.15) is 12.0 Å². The summed E-state index contributed by atoms with van der Waals surface area (Å²) in [5.74, 6) is 1.52. The molecule has 250 valence electrons. The highest BCUT2D eigenvalue weighted by Crippen LogP contribution is 2.34. The minimum Gasteiger partial charge on any atom is -0.344 e. The molecule has 1 atom stereocenters. The summed E-state index contributed by atoms with van der Waals surface area (Å²) in [6.45, 7) is 0. The van der Waals surface area contributed by atoms with Crippen molar-refractivity contribution in [2.75, 3.05) is 0 Å². The second-order valence-corrected chi connectivity index (χ2v) is 13.5. The first-order valence-electron chi connectivity index (χ1n) is 18.0. The molecule has 0 bridgehead atoms. The lowest BCUT2D eigenvalue weighted by Gasteiger charge is -2.24. The van der Waals surface area contributed by atoms with Crippen LogP contribution in [0.4, 0.5) is 0 Å². The molecular formula is C49H34N4. The van der Waals surface area contributed by atoms with Gasteiger partial charge in [-0.05, 0) is 62.9 Å². The molecule has 0 saturated carbocycles. The second kappa shape index (κ2) is 12.9. The Morgan fingerprint density at radius 2 is 0.962 bits per heavy atom. The van der Waals surface area contributed by atoms with Crippen molar-refractivity contribution in [2.24, 2.45) is 9.98 Å². The van der Waals surface area contributed by atoms with Gasteiger partial charge in [-0.1, -0.05) is 170 Å². The Morgan fingerprint density at radius 1 is 0.415 bits per heavy atom. The van der Waals surface area contributed by atoms with Crippen molar-refractivity contribution in [3.05, 3.63) is 211 Å². The number of hydrogen-bond donors (Lipinski definition) is 1. The number of rotatable bonds is 6. The van der Waals surface area contributed by atoms with Crippen molar-refractivity contribution in [1.29, 1.82) is 0 Å². The van der Waals surface area contributed by atoms with Crippen LogP contribution in [-0.4, -0.2) is 16.2 Å². The molecule has 1 aromatic heterocycles. The largest absolute Gasteiger partial charge is 0.344 e. The molecule has 0 radical (unpaired) electrons. The summed E-state index contributed by atoms with van der Waals surface area (Å²) in [5, 5.41) is 8.66. The summed E-state index contributed by atoms with van der Waals surface area (Å²) in [6.07, 6.45) is -0.290. The SMILES string of the molecule is c1ccc(C2=NC(c3ccc(-c4ccc(-n5c6ccccc6c6ccccc65)cc4)cc3)NC(c3ccc(-c4cccc5ccccc45)cc3)=N2)cc1. The molecule has 4 heteroatoms. The summed E-state index contributed by atoms with van der Waals surface area (Å²) in [6, 6.07) is 68.7. The molecule has 0 spiro atoms. The average Bonchev–Trinajstić information content (AvgIpc) is 3.58. The maximum Gasteiger partial charge on any atom is 0.159 e. The van der Waals surface area contributed by atoms with Crippen molar-refractivity contribution in [1.82, 2.24) is 9.88 Å². The molecule has 0 saturated heterocycles. The van der Waals surface area contributed by atoms with Crippen LogP contribution in [0, 0.1) is 0 Å². The lowest BCUT2D eigenvalue weighted by atomic mass is 9.97. The Labute approximate surface area is 308 Å². The zero-order valence-corrected chi connectivity index (χ0v) is 28.9. The highest BCUT2D eigenvalue weighted by atomic mass is 15.2. The van der Waals surface area contributed by atoms with E-state index in [-0.39, 0.29) is 6.17 Å². The summed E-state index contributed by atoms with van der Waals surface area (Å²) in [4.78, 5) is 10.1. The minimum absolute atomic E-state index is 0.290. The Kier molecular flexibility index (Phi) is 7.51. The topological polar surface area (TPSA) is 41.7 Å². The van der Waals surface area contributed by atoms with Crippen LogP contribution in [0.25, 0.3) is 60.5 Å². The third-order valence-electron chi connectivity index (χ3n) is 10.3. The van der Waals surface area contributed by atoms with E-state index in [0.29, 0.717) is 5.84 Å². The van der Waals surface area contributed by atoms with Gasteiger partial charge in [0.25, 0.3) is 0 Å². The highest BCUT2D eigenvalue weighted by Gasteiger charge is 2.21. The Balaban J connectivity index is 0.945. The normalized spacial score (nSPS) is 14.2. The van der Waals surface area contributed by atoms with E-state index < -0.39 is 0 Å². The first-order valence-corrected chi connectivity index (χ1v) is 18.0. The molecule has 2 heterocycles. The van der Waals surface area contributed by atoms with Crippen molar-refractivity contribution >= 4 is 44.2 Å². The maximum absolute atomic E-state index is 5.10. The molecule has 4 nitrogen and oxygen atoms in total. The van der Waals surface area contributed by atoms with Gasteiger partial charge in [0.05, 0.1) is 11.0 Å². The number of hydrogen-bond acceptors (Lipinski definition) is 3. The number of amidine groups is 2. The van der Waals surface area contributed by atoms with Crippen LogP contribution in [-0.2, 0) is 0 Å². The monoisotopic (exact) mass is 678 g/mol. The molecule has 0 aliphatic carbocycles. The van der Waals surface area contributed by atoms with E-state index in [0.717, 1.165) is 33.8 Å². The Morgan fingerprint density at radius 3 is 1.66 bits per heavy atom. The summed E-state index contributed by atoms with van der Waals surface area (Å²) in [7, 11) is 0. The predicted octanol–water partition coefficient (Wildman–Crippen LogP) is 11.8. The smallest absolute Gasteiger partial charge is 0.159 e. The molecule has 9 aromatic rings. The molecule has 0 fully saturated rings. The third kappa shape index (κ3) is 5.58. The number of nitrogens with zero attached hydrogens (tertiary/aromatic N) is 3. The van der Waals surface area contributed by atoms with Crippen molar-refractivity contribution in [2.45, 2.75) is 6.17 Å². The second-order valence-electron chi connectivity index (χ2n) is 13.5. The fourth-order valence-corrected chi connectivity index (χ4v) is 7.63. The molecule has 1 N–H and O–H groups in total. The number of para-hydroxylation sites is 2. The fraction of sp³-hybridized carbons (Fsp3) is 0.0204. The zero-order valence-electron chi connectivity index (χ0n) is 28.9. The van der Waals surface area contributed by atoms with E-state index in [1.807, 2.05) is 18.2 Å². The van der Waals surface area contributed by atoms with Gasteiger partial charge in [-0.2, -0.15) is 0 Å². The van der Waals surface area contributed by atoms with Crippen LogP contribution in [0.5, 0.6) is 0 Å². The third-order valence-corrected chi connectivity index (χ3v) is 10.3. The zero-order chi connectivity index (χ0) is 35.1. The van der Waals surface area contributed by atoms with Crippen LogP contribution in [0.3, 0.4) is 0 Å². The van der Waals surface area contributed by atoms with E-state index in [2.05, 4.69) is 186 Å². The van der Waals surface area contributed by atoms with Gasteiger partial charge in [0.2, 0.25) is 0 Å². The van der Waals surface area contributed by atoms with E-state index >= 15 is 0 Å². The molecule has 10 rings (SSSR count). The van der Waals surface area contributed by atoms with Gasteiger partial charge < -0.3 is 9.88 Å². The number of aromatic nitrogens is 1. The highest BCUT2D eigenvalue weighted by molar-refractivity contribution is 6.13. The van der Waals surface area contributed by atoms with E-state index in [9.17, 15) is 0 Å². The predicted molar refractivity (Wildman–Crippen MR) is 221 cm³/mol. The van der Waals surface area contributed by atoms with E-state index in [1.165, 1.54) is 49.3 Å². The van der Waals surface area contributed by atoms with Crippen LogP contribution in [0.1, 0.15) is 22.9 Å². The fourth-order valence-electron chi connectivity index (χ4n) is 7.63. The van der Waals surface area contributed by atoms with Crippen LogP contribution in [0.15, 0.2) is 204 Å². The average molecular weight is 679 g/mol. The number of benzene rings is 8. The van der Waals surface area contributed by atoms with E-state index in [1.54, 1.807) is 0 Å². The Bertz CT molecular complexity index is 2770. The van der Waals surface area contributed by atoms with Crippen molar-refractivity contribution in [3.8, 4) is 27.9 Å². The maximum atomic E-state index is 5.10.